The van der Waals surface area contributed by atoms with Gasteiger partial charge in [-0.25, -0.2) is 9.69 Å². The Bertz CT molecular complexity index is 490. The van der Waals surface area contributed by atoms with Crippen molar-refractivity contribution in [3.05, 3.63) is 23.2 Å². The molecular weight excluding hydrogens is 244 g/mol. The van der Waals surface area contributed by atoms with Gasteiger partial charge in [0.2, 0.25) is 0 Å². The molecule has 1 heterocycles. The van der Waals surface area contributed by atoms with Crippen molar-refractivity contribution in [2.75, 3.05) is 12.0 Å². The largest absolute Gasteiger partial charge is 0.495 e. The van der Waals surface area contributed by atoms with Crippen LogP contribution in [-0.4, -0.2) is 25.1 Å². The third-order valence-corrected chi connectivity index (χ3v) is 2.84. The van der Waals surface area contributed by atoms with Gasteiger partial charge < -0.3 is 10.1 Å². The molecular formula is C11H11ClN2O3. The molecule has 90 valence electrons. The van der Waals surface area contributed by atoms with Gasteiger partial charge >= 0.3 is 6.03 Å². The number of hydrogen-bond acceptors (Lipinski definition) is 3. The average molecular weight is 255 g/mol. The fourth-order valence-corrected chi connectivity index (χ4v) is 1.83. The van der Waals surface area contributed by atoms with E-state index in [9.17, 15) is 9.59 Å². The minimum absolute atomic E-state index is 0.292. The van der Waals surface area contributed by atoms with E-state index < -0.39 is 12.1 Å². The maximum Gasteiger partial charge on any atom is 0.329 e. The van der Waals surface area contributed by atoms with E-state index in [1.165, 1.54) is 7.11 Å². The molecule has 1 fully saturated rings. The highest BCUT2D eigenvalue weighted by Gasteiger charge is 2.36. The molecule has 1 aromatic rings. The van der Waals surface area contributed by atoms with Crippen LogP contribution < -0.4 is 15.0 Å². The molecule has 0 saturated carbocycles. The van der Waals surface area contributed by atoms with Crippen molar-refractivity contribution in [2.24, 2.45) is 0 Å². The predicted molar refractivity (Wildman–Crippen MR) is 63.5 cm³/mol. The molecule has 5 nitrogen and oxygen atoms in total. The van der Waals surface area contributed by atoms with E-state index in [4.69, 9.17) is 16.3 Å². The number of hydrogen-bond donors (Lipinski definition) is 1. The van der Waals surface area contributed by atoms with Crippen LogP contribution in [0.3, 0.4) is 0 Å². The standard InChI is InChI=1S/C11H11ClN2O3/c1-6-10(15)14(11(16)13-6)7-3-4-8(12)9(5-7)17-2/h3-6H,1-2H3,(H,13,16). The first kappa shape index (κ1) is 11.7. The van der Waals surface area contributed by atoms with E-state index in [0.717, 1.165) is 4.90 Å². The van der Waals surface area contributed by atoms with Gasteiger partial charge in [-0.05, 0) is 19.1 Å². The van der Waals surface area contributed by atoms with E-state index in [2.05, 4.69) is 5.32 Å². The number of nitrogens with zero attached hydrogens (tertiary/aromatic N) is 1. The SMILES string of the molecule is COc1cc(N2C(=O)NC(C)C2=O)ccc1Cl. The van der Waals surface area contributed by atoms with Gasteiger partial charge in [0.1, 0.15) is 11.8 Å². The Kier molecular flexibility index (Phi) is 2.93. The molecule has 1 atom stereocenters. The molecule has 0 aliphatic carbocycles. The van der Waals surface area contributed by atoms with Crippen LogP contribution >= 0.6 is 11.6 Å². The Morgan fingerprint density at radius 1 is 1.41 bits per heavy atom. The summed E-state index contributed by atoms with van der Waals surface area (Å²) in [4.78, 5) is 24.4. The normalized spacial score (nSPS) is 19.5. The van der Waals surface area contributed by atoms with Gasteiger partial charge in [-0.2, -0.15) is 0 Å². The Hall–Kier alpha value is -1.75. The highest BCUT2D eigenvalue weighted by Crippen LogP contribution is 2.30. The Labute approximate surface area is 103 Å². The van der Waals surface area contributed by atoms with Crippen LogP contribution in [-0.2, 0) is 4.79 Å². The van der Waals surface area contributed by atoms with Crippen LogP contribution in [0, 0.1) is 0 Å². The van der Waals surface area contributed by atoms with Crippen molar-refractivity contribution in [2.45, 2.75) is 13.0 Å². The zero-order chi connectivity index (χ0) is 12.6. The number of imide groups is 1. The number of anilines is 1. The maximum absolute atomic E-state index is 11.8. The summed E-state index contributed by atoms with van der Waals surface area (Å²) in [5.41, 5.74) is 0.443. The lowest BCUT2D eigenvalue weighted by molar-refractivity contribution is -0.117. The second kappa shape index (κ2) is 4.25. The molecule has 0 bridgehead atoms. The lowest BCUT2D eigenvalue weighted by atomic mass is 10.2. The Morgan fingerprint density at radius 2 is 2.12 bits per heavy atom. The van der Waals surface area contributed by atoms with Crippen molar-refractivity contribution < 1.29 is 14.3 Å². The van der Waals surface area contributed by atoms with Crippen molar-refractivity contribution >= 4 is 29.2 Å². The first-order chi connectivity index (χ1) is 8.04. The summed E-state index contributed by atoms with van der Waals surface area (Å²) in [5, 5.41) is 2.96. The highest BCUT2D eigenvalue weighted by molar-refractivity contribution is 6.32. The number of carbonyl (C=O) groups excluding carboxylic acids is 2. The van der Waals surface area contributed by atoms with Gasteiger partial charge in [0.25, 0.3) is 5.91 Å². The third kappa shape index (κ3) is 1.93. The zero-order valence-electron chi connectivity index (χ0n) is 9.36. The van der Waals surface area contributed by atoms with Crippen LogP contribution in [0.15, 0.2) is 18.2 Å². The molecule has 1 aliphatic heterocycles. The summed E-state index contributed by atoms with van der Waals surface area (Å²) < 4.78 is 5.04. The van der Waals surface area contributed by atoms with Crippen LogP contribution in [0.1, 0.15) is 6.92 Å². The Balaban J connectivity index is 2.41. The number of rotatable bonds is 2. The molecule has 1 unspecified atom stereocenters. The van der Waals surface area contributed by atoms with Gasteiger partial charge in [0.05, 0.1) is 17.8 Å². The number of urea groups is 1. The molecule has 17 heavy (non-hydrogen) atoms. The fraction of sp³-hybridized carbons (Fsp3) is 0.273. The average Bonchev–Trinajstić information content (AvgIpc) is 2.55. The Morgan fingerprint density at radius 3 is 2.65 bits per heavy atom. The highest BCUT2D eigenvalue weighted by atomic mass is 35.5. The van der Waals surface area contributed by atoms with Gasteiger partial charge in [0.15, 0.2) is 0 Å². The second-order valence-corrected chi connectivity index (χ2v) is 4.07. The first-order valence-electron chi connectivity index (χ1n) is 5.02. The molecule has 0 spiro atoms. The number of carbonyl (C=O) groups is 2. The molecule has 3 amide bonds. The number of benzene rings is 1. The summed E-state index contributed by atoms with van der Waals surface area (Å²) >= 11 is 5.88. The van der Waals surface area contributed by atoms with Gasteiger partial charge in [0, 0.05) is 6.07 Å². The summed E-state index contributed by atoms with van der Waals surface area (Å²) in [7, 11) is 1.47. The molecule has 1 N–H and O–H groups in total. The molecule has 0 aromatic heterocycles. The number of halogens is 1. The molecule has 1 aliphatic rings. The molecule has 1 aromatic carbocycles. The minimum Gasteiger partial charge on any atom is -0.495 e. The summed E-state index contributed by atoms with van der Waals surface area (Å²) in [6.45, 7) is 1.63. The first-order valence-corrected chi connectivity index (χ1v) is 5.40. The molecule has 2 rings (SSSR count). The number of amides is 3. The monoisotopic (exact) mass is 254 g/mol. The van der Waals surface area contributed by atoms with Gasteiger partial charge in [-0.15, -0.1) is 0 Å². The topological polar surface area (TPSA) is 58.6 Å². The van der Waals surface area contributed by atoms with Crippen molar-refractivity contribution in [1.82, 2.24) is 5.32 Å². The van der Waals surface area contributed by atoms with Crippen molar-refractivity contribution in [1.29, 1.82) is 0 Å². The van der Waals surface area contributed by atoms with E-state index in [0.29, 0.717) is 16.5 Å². The molecule has 1 saturated heterocycles. The van der Waals surface area contributed by atoms with Crippen LogP contribution in [0.4, 0.5) is 10.5 Å². The van der Waals surface area contributed by atoms with Crippen LogP contribution in [0.2, 0.25) is 5.02 Å². The maximum atomic E-state index is 11.8. The summed E-state index contributed by atoms with van der Waals surface area (Å²) in [6.07, 6.45) is 0. The van der Waals surface area contributed by atoms with Crippen LogP contribution in [0.5, 0.6) is 5.75 Å². The number of ether oxygens (including phenoxy) is 1. The third-order valence-electron chi connectivity index (χ3n) is 2.53. The van der Waals surface area contributed by atoms with E-state index in [1.807, 2.05) is 0 Å². The number of nitrogens with one attached hydrogen (secondary N) is 1. The lowest BCUT2D eigenvalue weighted by Crippen LogP contribution is -2.30. The molecule has 0 radical (unpaired) electrons. The van der Waals surface area contributed by atoms with Gasteiger partial charge in [-0.1, -0.05) is 11.6 Å². The minimum atomic E-state index is -0.510. The zero-order valence-corrected chi connectivity index (χ0v) is 10.1. The van der Waals surface area contributed by atoms with E-state index in [1.54, 1.807) is 25.1 Å². The van der Waals surface area contributed by atoms with E-state index in [-0.39, 0.29) is 5.91 Å². The fourth-order valence-electron chi connectivity index (χ4n) is 1.64. The van der Waals surface area contributed by atoms with Gasteiger partial charge in [-0.3, -0.25) is 4.79 Å². The second-order valence-electron chi connectivity index (χ2n) is 3.66. The van der Waals surface area contributed by atoms with Crippen molar-refractivity contribution in [3.8, 4) is 5.75 Å². The smallest absolute Gasteiger partial charge is 0.329 e. The van der Waals surface area contributed by atoms with E-state index >= 15 is 0 Å². The summed E-state index contributed by atoms with van der Waals surface area (Å²) in [5.74, 6) is 0.128. The molecule has 6 heteroatoms. The quantitative estimate of drug-likeness (QED) is 0.819. The lowest BCUT2D eigenvalue weighted by Gasteiger charge is -2.14. The predicted octanol–water partition coefficient (Wildman–Crippen LogP) is 1.79. The van der Waals surface area contributed by atoms with Crippen molar-refractivity contribution in [3.63, 3.8) is 0 Å². The number of methoxy groups -OCH3 is 1. The summed E-state index contributed by atoms with van der Waals surface area (Å²) in [6, 6.07) is 3.79. The van der Waals surface area contributed by atoms with Crippen LogP contribution in [0.25, 0.3) is 0 Å².